The number of fused-ring (bicyclic) bond motifs is 1. The minimum absolute atomic E-state index is 0.0609. The van der Waals surface area contributed by atoms with Crippen LogP contribution in [0, 0.1) is 5.92 Å². The highest BCUT2D eigenvalue weighted by Crippen LogP contribution is 2.36. The van der Waals surface area contributed by atoms with Crippen molar-refractivity contribution in [3.05, 3.63) is 33.9 Å². The number of aromatic nitrogens is 2. The van der Waals surface area contributed by atoms with E-state index in [1.165, 1.54) is 11.3 Å². The van der Waals surface area contributed by atoms with E-state index in [0.717, 1.165) is 64.1 Å². The number of rotatable bonds is 9. The molecule has 198 valence electrons. The van der Waals surface area contributed by atoms with Gasteiger partial charge >= 0.3 is 0 Å². The normalized spacial score (nSPS) is 21.5. The van der Waals surface area contributed by atoms with Crippen molar-refractivity contribution in [3.63, 3.8) is 0 Å². The second-order valence-corrected chi connectivity index (χ2v) is 10.9. The average Bonchev–Trinajstić information content (AvgIpc) is 3.04. The van der Waals surface area contributed by atoms with Gasteiger partial charge in [-0.15, -0.1) is 0 Å². The van der Waals surface area contributed by atoms with Crippen LogP contribution >= 0.6 is 23.2 Å². The fraction of sp³-hybridized carbons (Fsp3) is 0.583. The van der Waals surface area contributed by atoms with Crippen molar-refractivity contribution >= 4 is 57.6 Å². The molecule has 4 rings (SSSR count). The lowest BCUT2D eigenvalue weighted by Gasteiger charge is -2.33. The highest BCUT2D eigenvalue weighted by Gasteiger charge is 2.26. The summed E-state index contributed by atoms with van der Waals surface area (Å²) >= 11 is 10.9. The highest BCUT2D eigenvalue weighted by atomic mass is 35.5. The quantitative estimate of drug-likeness (QED) is 0.387. The van der Waals surface area contributed by atoms with Crippen LogP contribution in [0.5, 0.6) is 0 Å². The van der Waals surface area contributed by atoms with Crippen molar-refractivity contribution in [2.24, 2.45) is 5.92 Å². The maximum atomic E-state index is 11.0. The number of halogens is 2. The van der Waals surface area contributed by atoms with Gasteiger partial charge in [0, 0.05) is 55.7 Å². The Morgan fingerprint density at radius 3 is 2.69 bits per heavy atom. The minimum atomic E-state index is -2.28. The molecule has 1 aromatic heterocycles. The Hall–Kier alpha value is -1.69. The molecule has 9 nitrogen and oxygen atoms in total. The van der Waals surface area contributed by atoms with Gasteiger partial charge < -0.3 is 20.1 Å². The Bertz CT molecular complexity index is 1080. The van der Waals surface area contributed by atoms with Gasteiger partial charge in [-0.1, -0.05) is 43.0 Å². The van der Waals surface area contributed by atoms with Gasteiger partial charge in [0.2, 0.25) is 5.95 Å². The van der Waals surface area contributed by atoms with Crippen LogP contribution in [0.15, 0.2) is 18.3 Å². The van der Waals surface area contributed by atoms with Gasteiger partial charge in [0.15, 0.2) is 5.82 Å². The monoisotopic (exact) mass is 554 g/mol. The number of nitrogens with zero attached hydrogens (tertiary/aromatic N) is 4. The van der Waals surface area contributed by atoms with Crippen molar-refractivity contribution in [2.75, 3.05) is 48.3 Å². The summed E-state index contributed by atoms with van der Waals surface area (Å²) in [7, 11) is 0. The Kier molecular flexibility index (Phi) is 9.65. The zero-order valence-corrected chi connectivity index (χ0v) is 23.1. The van der Waals surface area contributed by atoms with Gasteiger partial charge in [-0.25, -0.2) is 9.71 Å². The van der Waals surface area contributed by atoms with Gasteiger partial charge in [0.1, 0.15) is 5.02 Å². The maximum Gasteiger partial charge on any atom is 0.229 e. The average molecular weight is 556 g/mol. The second-order valence-electron chi connectivity index (χ2n) is 9.30. The fourth-order valence-electron chi connectivity index (χ4n) is 5.06. The summed E-state index contributed by atoms with van der Waals surface area (Å²) < 4.78 is 24.5. The minimum Gasteiger partial charge on any atom is -0.760 e. The number of hydrogen-bond donors (Lipinski definition) is 3. The van der Waals surface area contributed by atoms with Crippen LogP contribution < -0.4 is 20.3 Å². The molecule has 3 atom stereocenters. The summed E-state index contributed by atoms with van der Waals surface area (Å²) in [6, 6.07) is 4.17. The molecule has 1 unspecified atom stereocenters. The summed E-state index contributed by atoms with van der Waals surface area (Å²) in [5, 5.41) is 7.74. The molecule has 0 amide bonds. The van der Waals surface area contributed by atoms with Crippen molar-refractivity contribution in [3.8, 4) is 0 Å². The Morgan fingerprint density at radius 2 is 1.94 bits per heavy atom. The summed E-state index contributed by atoms with van der Waals surface area (Å²) in [5.41, 5.74) is 3.12. The molecule has 3 N–H and O–H groups in total. The van der Waals surface area contributed by atoms with Crippen LogP contribution in [0.2, 0.25) is 10.0 Å². The standard InChI is InChI=1S/C24H35Cl2N7O2S/c1-3-32-9-10-33(4-2)22-12-21(18(25)11-17(22)15-32)30-24-27-14-19(26)23(31-24)29-20-8-6-5-7-16(20)13-28-36(34)35/h11-12,14,16,20,28H,3-10,13,15H2,1-2H3,(H,34,35)(H2,27,29,30,31)/p-1/t16-,20-/m1/s1. The number of benzene rings is 1. The van der Waals surface area contributed by atoms with E-state index < -0.39 is 11.3 Å². The topological polar surface area (TPSA) is 108 Å². The maximum absolute atomic E-state index is 11.0. The molecule has 2 aliphatic rings. The van der Waals surface area contributed by atoms with Crippen molar-refractivity contribution in [1.82, 2.24) is 19.6 Å². The summed E-state index contributed by atoms with van der Waals surface area (Å²) in [6.07, 6.45) is 5.55. The summed E-state index contributed by atoms with van der Waals surface area (Å²) in [6.45, 7) is 9.47. The molecule has 2 heterocycles. The molecular formula is C24H34Cl2N7O2S-. The number of anilines is 4. The van der Waals surface area contributed by atoms with E-state index in [2.05, 4.69) is 55.0 Å². The first-order chi connectivity index (χ1) is 17.4. The van der Waals surface area contributed by atoms with E-state index in [1.807, 2.05) is 6.07 Å². The largest absolute Gasteiger partial charge is 0.760 e. The van der Waals surface area contributed by atoms with Gasteiger partial charge in [-0.2, -0.15) is 4.98 Å². The Labute approximate surface area is 225 Å². The van der Waals surface area contributed by atoms with E-state index in [0.29, 0.717) is 28.4 Å². The fourth-order valence-corrected chi connectivity index (χ4v) is 5.79. The molecule has 1 saturated carbocycles. The van der Waals surface area contributed by atoms with E-state index >= 15 is 0 Å². The second kappa shape index (κ2) is 12.7. The van der Waals surface area contributed by atoms with Crippen LogP contribution in [-0.4, -0.2) is 62.4 Å². The lowest BCUT2D eigenvalue weighted by molar-refractivity contribution is 0.293. The third-order valence-corrected chi connectivity index (χ3v) is 8.09. The van der Waals surface area contributed by atoms with Gasteiger partial charge in [0.25, 0.3) is 0 Å². The molecule has 36 heavy (non-hydrogen) atoms. The highest BCUT2D eigenvalue weighted by molar-refractivity contribution is 7.77. The first-order valence-corrected chi connectivity index (χ1v) is 14.4. The molecular weight excluding hydrogens is 521 g/mol. The van der Waals surface area contributed by atoms with Crippen LogP contribution in [-0.2, 0) is 17.8 Å². The van der Waals surface area contributed by atoms with Crippen molar-refractivity contribution in [2.45, 2.75) is 52.1 Å². The van der Waals surface area contributed by atoms with E-state index in [9.17, 15) is 8.76 Å². The number of likely N-dealkylation sites (N-methyl/N-ethyl adjacent to an activating group) is 2. The van der Waals surface area contributed by atoms with Gasteiger partial charge in [-0.3, -0.25) is 9.11 Å². The lowest BCUT2D eigenvalue weighted by atomic mass is 9.84. The lowest BCUT2D eigenvalue weighted by Crippen LogP contribution is -2.39. The Morgan fingerprint density at radius 1 is 1.14 bits per heavy atom. The third-order valence-electron chi connectivity index (χ3n) is 7.10. The molecule has 12 heteroatoms. The number of nitrogens with one attached hydrogen (secondary N) is 3. The molecule has 0 radical (unpaired) electrons. The van der Waals surface area contributed by atoms with Gasteiger partial charge in [-0.05, 0) is 49.9 Å². The molecule has 0 spiro atoms. The zero-order valence-electron chi connectivity index (χ0n) is 20.7. The van der Waals surface area contributed by atoms with E-state index in [1.54, 1.807) is 6.20 Å². The summed E-state index contributed by atoms with van der Waals surface area (Å²) in [4.78, 5) is 13.8. The molecule has 2 aromatic rings. The molecule has 1 aliphatic heterocycles. The van der Waals surface area contributed by atoms with Crippen molar-refractivity contribution in [1.29, 1.82) is 0 Å². The molecule has 0 saturated heterocycles. The van der Waals surface area contributed by atoms with Crippen LogP contribution in [0.25, 0.3) is 0 Å². The van der Waals surface area contributed by atoms with Crippen LogP contribution in [0.1, 0.15) is 45.1 Å². The molecule has 0 bridgehead atoms. The summed E-state index contributed by atoms with van der Waals surface area (Å²) in [5.74, 6) is 1.07. The first kappa shape index (κ1) is 27.3. The molecule has 1 aliphatic carbocycles. The Balaban J connectivity index is 1.54. The van der Waals surface area contributed by atoms with E-state index in [-0.39, 0.29) is 12.0 Å². The van der Waals surface area contributed by atoms with Crippen molar-refractivity contribution < 1.29 is 8.76 Å². The molecule has 1 fully saturated rings. The third kappa shape index (κ3) is 6.79. The smallest absolute Gasteiger partial charge is 0.229 e. The number of hydrogen-bond acceptors (Lipinski definition) is 8. The predicted molar refractivity (Wildman–Crippen MR) is 147 cm³/mol. The predicted octanol–water partition coefficient (Wildman–Crippen LogP) is 4.54. The SMILES string of the molecule is CCN1CCN(CC)c2cc(Nc3ncc(Cl)c(N[C@@H]4CCCC[C@@H]4CNS(=O)[O-])n3)c(Cl)cc2C1. The zero-order chi connectivity index (χ0) is 25.7. The molecule has 1 aromatic carbocycles. The van der Waals surface area contributed by atoms with E-state index in [4.69, 9.17) is 23.2 Å². The van der Waals surface area contributed by atoms with Crippen LogP contribution in [0.4, 0.5) is 23.1 Å². The first-order valence-electron chi connectivity index (χ1n) is 12.6. The van der Waals surface area contributed by atoms with Gasteiger partial charge in [0.05, 0.1) is 16.9 Å². The van der Waals surface area contributed by atoms with Crippen LogP contribution in [0.3, 0.4) is 0 Å².